The highest BCUT2D eigenvalue weighted by molar-refractivity contribution is 8.07. The molecule has 27 heavy (non-hydrogen) atoms. The number of nitrogens with zero attached hydrogens (tertiary/aromatic N) is 1. The number of carbonyl (C=O) groups excluding carboxylic acids is 2. The molecule has 152 valence electrons. The number of aromatic nitrogens is 1. The van der Waals surface area contributed by atoms with Crippen LogP contribution in [0.4, 0.5) is 9.93 Å². The maximum absolute atomic E-state index is 12.2. The predicted molar refractivity (Wildman–Crippen MR) is 107 cm³/mol. The molecule has 0 aliphatic rings. The Morgan fingerprint density at radius 3 is 2.48 bits per heavy atom. The number of ether oxygens (including phenoxy) is 1. The van der Waals surface area contributed by atoms with Crippen LogP contribution >= 0.6 is 29.7 Å². The van der Waals surface area contributed by atoms with E-state index >= 15 is 0 Å². The molecule has 0 saturated carbocycles. The number of rotatable bonds is 11. The molecule has 1 amide bonds. The van der Waals surface area contributed by atoms with Crippen LogP contribution in [0.3, 0.4) is 0 Å². The highest BCUT2D eigenvalue weighted by atomic mass is 35.5. The van der Waals surface area contributed by atoms with Gasteiger partial charge in [0.25, 0.3) is 0 Å². The average Bonchev–Trinajstić information content (AvgIpc) is 2.94. The summed E-state index contributed by atoms with van der Waals surface area (Å²) in [6.07, 6.45) is 0.924. The molecule has 0 radical (unpaired) electrons. The van der Waals surface area contributed by atoms with E-state index < -0.39 is 24.5 Å². The molecule has 9 nitrogen and oxygen atoms in total. The van der Waals surface area contributed by atoms with E-state index in [9.17, 15) is 9.59 Å². The number of hydrogen-bond donors (Lipinski definition) is 2. The number of hydrogen-bond acceptors (Lipinski definition) is 10. The van der Waals surface area contributed by atoms with Crippen molar-refractivity contribution in [2.75, 3.05) is 25.1 Å². The van der Waals surface area contributed by atoms with Gasteiger partial charge in [-0.3, -0.25) is 19.8 Å². The minimum Gasteiger partial charge on any atom is -0.449 e. The van der Waals surface area contributed by atoms with Gasteiger partial charge in [-0.2, -0.15) is 0 Å². The zero-order valence-corrected chi connectivity index (χ0v) is 18.4. The summed E-state index contributed by atoms with van der Waals surface area (Å²) in [5.41, 5.74) is -0.776. The molecule has 0 spiro atoms. The van der Waals surface area contributed by atoms with Crippen LogP contribution < -0.4 is 5.32 Å². The van der Waals surface area contributed by atoms with Gasteiger partial charge in [0, 0.05) is 11.8 Å². The van der Waals surface area contributed by atoms with E-state index in [-0.39, 0.29) is 35.0 Å². The Hall–Kier alpha value is -1.10. The Kier molecular flexibility index (Phi) is 10.4. The number of carbonyl (C=O) groups is 2. The molecule has 13 heteroatoms. The number of anilines is 1. The van der Waals surface area contributed by atoms with Crippen molar-refractivity contribution in [2.24, 2.45) is 0 Å². The summed E-state index contributed by atoms with van der Waals surface area (Å²) < 4.78 is 20.4. The van der Waals surface area contributed by atoms with Gasteiger partial charge in [-0.1, -0.05) is 36.3 Å². The molecule has 0 saturated heterocycles. The summed E-state index contributed by atoms with van der Waals surface area (Å²) in [6, 6.07) is 0. The standard InChI is InChI=1S/C14H21ClN3O6PS2/c1-4-7-8-21-14(20)18-13-17-10(11(15)27-13)9(16)12(19)24-25(26,22-5-2)23-6-3/h16H,4-8H2,1-3H3,(H,17,18,20). The van der Waals surface area contributed by atoms with Crippen molar-refractivity contribution in [3.05, 3.63) is 10.0 Å². The van der Waals surface area contributed by atoms with Crippen LogP contribution in [0, 0.1) is 5.41 Å². The van der Waals surface area contributed by atoms with Crippen LogP contribution in [-0.4, -0.2) is 42.6 Å². The predicted octanol–water partition coefficient (Wildman–Crippen LogP) is 4.35. The van der Waals surface area contributed by atoms with E-state index in [0.717, 1.165) is 24.2 Å². The van der Waals surface area contributed by atoms with E-state index in [4.69, 9.17) is 47.1 Å². The van der Waals surface area contributed by atoms with Crippen LogP contribution in [0.25, 0.3) is 0 Å². The Balaban J connectivity index is 2.80. The number of unbranched alkanes of at least 4 members (excludes halogenated alkanes) is 1. The fourth-order valence-corrected chi connectivity index (χ4v) is 4.58. The monoisotopic (exact) mass is 457 g/mol. The largest absolute Gasteiger partial charge is 0.449 e. The van der Waals surface area contributed by atoms with Crippen LogP contribution in [-0.2, 0) is 34.9 Å². The first-order valence-corrected chi connectivity index (χ1v) is 11.8. The topological polar surface area (TPSA) is 120 Å². The lowest BCUT2D eigenvalue weighted by Crippen LogP contribution is -2.19. The van der Waals surface area contributed by atoms with Crippen molar-refractivity contribution in [1.82, 2.24) is 4.98 Å². The fraction of sp³-hybridized carbons (Fsp3) is 0.571. The summed E-state index contributed by atoms with van der Waals surface area (Å²) in [5.74, 6) is -1.08. The Bertz CT molecular complexity index is 720. The highest BCUT2D eigenvalue weighted by Gasteiger charge is 2.30. The first-order chi connectivity index (χ1) is 12.8. The van der Waals surface area contributed by atoms with Gasteiger partial charge in [-0.05, 0) is 20.3 Å². The van der Waals surface area contributed by atoms with Crippen molar-refractivity contribution in [2.45, 2.75) is 33.6 Å². The SMILES string of the molecule is CCCCOC(=O)Nc1nc(C(=N)C(=O)OP(=S)(OCC)OCC)c(Cl)s1. The Morgan fingerprint density at radius 2 is 1.93 bits per heavy atom. The van der Waals surface area contributed by atoms with Gasteiger partial charge in [0.05, 0.1) is 19.8 Å². The Morgan fingerprint density at radius 1 is 1.30 bits per heavy atom. The zero-order chi connectivity index (χ0) is 20.4. The van der Waals surface area contributed by atoms with Crippen LogP contribution in [0.2, 0.25) is 4.34 Å². The average molecular weight is 458 g/mol. The lowest BCUT2D eigenvalue weighted by atomic mass is 10.3. The molecule has 0 aliphatic carbocycles. The molecule has 1 aromatic rings. The molecular formula is C14H21ClN3O6PS2. The van der Waals surface area contributed by atoms with Crippen molar-refractivity contribution in [3.63, 3.8) is 0 Å². The molecule has 2 N–H and O–H groups in total. The Labute approximate surface area is 171 Å². The van der Waals surface area contributed by atoms with Gasteiger partial charge in [0.2, 0.25) is 0 Å². The molecule has 0 fully saturated rings. The highest BCUT2D eigenvalue weighted by Crippen LogP contribution is 2.50. The van der Waals surface area contributed by atoms with Gasteiger partial charge >= 0.3 is 18.8 Å². The van der Waals surface area contributed by atoms with Crippen LogP contribution in [0.1, 0.15) is 39.3 Å². The third kappa shape index (κ3) is 7.81. The van der Waals surface area contributed by atoms with Gasteiger partial charge in [0.15, 0.2) is 10.8 Å². The second kappa shape index (κ2) is 11.7. The summed E-state index contributed by atoms with van der Waals surface area (Å²) in [4.78, 5) is 27.8. The molecule has 0 atom stereocenters. The van der Waals surface area contributed by atoms with Crippen LogP contribution in [0.15, 0.2) is 0 Å². The maximum Gasteiger partial charge on any atom is 0.413 e. The van der Waals surface area contributed by atoms with E-state index in [1.165, 1.54) is 0 Å². The van der Waals surface area contributed by atoms with Crippen molar-refractivity contribution < 1.29 is 27.9 Å². The maximum atomic E-state index is 12.2. The van der Waals surface area contributed by atoms with Gasteiger partial charge in [0.1, 0.15) is 10.0 Å². The van der Waals surface area contributed by atoms with Gasteiger partial charge in [-0.25, -0.2) is 14.6 Å². The fourth-order valence-electron chi connectivity index (χ4n) is 1.59. The molecule has 0 bridgehead atoms. The van der Waals surface area contributed by atoms with E-state index in [0.29, 0.717) is 0 Å². The molecule has 1 rings (SSSR count). The number of nitrogens with one attached hydrogen (secondary N) is 2. The second-order valence-corrected chi connectivity index (χ2v) is 9.33. The zero-order valence-electron chi connectivity index (χ0n) is 15.1. The molecule has 0 unspecified atom stereocenters. The third-order valence-electron chi connectivity index (χ3n) is 2.74. The quantitative estimate of drug-likeness (QED) is 0.286. The van der Waals surface area contributed by atoms with Crippen molar-refractivity contribution in [1.29, 1.82) is 5.41 Å². The minimum absolute atomic E-state index is 0.0296. The third-order valence-corrected chi connectivity index (χ3v) is 6.30. The first-order valence-electron chi connectivity index (χ1n) is 8.08. The second-order valence-electron chi connectivity index (χ2n) is 4.79. The summed E-state index contributed by atoms with van der Waals surface area (Å²) in [7, 11) is 0. The van der Waals surface area contributed by atoms with Crippen molar-refractivity contribution in [3.8, 4) is 0 Å². The number of amides is 1. The van der Waals surface area contributed by atoms with Crippen molar-refractivity contribution >= 4 is 64.4 Å². The first kappa shape index (κ1) is 23.9. The van der Waals surface area contributed by atoms with Crippen LogP contribution in [0.5, 0.6) is 0 Å². The summed E-state index contributed by atoms with van der Waals surface area (Å²) in [6.45, 7) is 2.65. The minimum atomic E-state index is -3.31. The molecule has 0 aliphatic heterocycles. The van der Waals surface area contributed by atoms with E-state index in [1.807, 2.05) is 6.92 Å². The molecule has 1 heterocycles. The molecular weight excluding hydrogens is 437 g/mol. The smallest absolute Gasteiger partial charge is 0.413 e. The van der Waals surface area contributed by atoms with Gasteiger partial charge < -0.3 is 9.26 Å². The number of halogens is 1. The van der Waals surface area contributed by atoms with E-state index in [2.05, 4.69) is 10.3 Å². The number of thiazole rings is 1. The van der Waals surface area contributed by atoms with E-state index in [1.54, 1.807) is 13.8 Å². The van der Waals surface area contributed by atoms with Gasteiger partial charge in [-0.15, -0.1) is 0 Å². The normalized spacial score (nSPS) is 11.1. The molecule has 0 aromatic carbocycles. The summed E-state index contributed by atoms with van der Waals surface area (Å²) >= 11 is 12.0. The summed E-state index contributed by atoms with van der Waals surface area (Å²) in [5, 5.41) is 10.4. The lowest BCUT2D eigenvalue weighted by Gasteiger charge is -2.19. The lowest BCUT2D eigenvalue weighted by molar-refractivity contribution is -0.128. The molecule has 1 aromatic heterocycles.